The molecule has 0 fully saturated rings. The average Bonchev–Trinajstić information content (AvgIpc) is 2.63. The SMILES string of the molecule is O=C(O)C(=O)c1cccc2c1CCO2. The molecule has 4 nitrogen and oxygen atoms in total. The smallest absolute Gasteiger partial charge is 0.377 e. The van der Waals surface area contributed by atoms with Crippen LogP contribution in [0.4, 0.5) is 0 Å². The molecular weight excluding hydrogens is 184 g/mol. The molecule has 0 bridgehead atoms. The minimum atomic E-state index is -1.43. The second-order valence-electron chi connectivity index (χ2n) is 3.02. The number of hydrogen-bond acceptors (Lipinski definition) is 3. The van der Waals surface area contributed by atoms with E-state index in [9.17, 15) is 9.59 Å². The van der Waals surface area contributed by atoms with Crippen LogP contribution < -0.4 is 4.74 Å². The fourth-order valence-corrected chi connectivity index (χ4v) is 1.55. The van der Waals surface area contributed by atoms with Crippen molar-refractivity contribution in [1.29, 1.82) is 0 Å². The van der Waals surface area contributed by atoms with Gasteiger partial charge in [0, 0.05) is 17.5 Å². The number of rotatable bonds is 2. The predicted octanol–water partition coefficient (Wildman–Crippen LogP) is 0.889. The molecule has 1 aromatic carbocycles. The number of carboxylic acids is 1. The molecule has 1 aliphatic rings. The largest absolute Gasteiger partial charge is 0.493 e. The highest BCUT2D eigenvalue weighted by Gasteiger charge is 2.23. The summed E-state index contributed by atoms with van der Waals surface area (Å²) in [5.74, 6) is -1.67. The molecule has 1 aliphatic heterocycles. The molecule has 0 saturated heterocycles. The van der Waals surface area contributed by atoms with Crippen LogP contribution in [0, 0.1) is 0 Å². The average molecular weight is 192 g/mol. The molecule has 4 heteroatoms. The van der Waals surface area contributed by atoms with Gasteiger partial charge < -0.3 is 9.84 Å². The maximum atomic E-state index is 11.2. The highest BCUT2D eigenvalue weighted by molar-refractivity contribution is 6.40. The van der Waals surface area contributed by atoms with Gasteiger partial charge in [-0.2, -0.15) is 0 Å². The van der Waals surface area contributed by atoms with E-state index in [0.717, 1.165) is 0 Å². The number of ether oxygens (including phenoxy) is 1. The lowest BCUT2D eigenvalue weighted by Gasteiger charge is -2.02. The van der Waals surface area contributed by atoms with E-state index in [0.29, 0.717) is 24.3 Å². The van der Waals surface area contributed by atoms with Crippen molar-refractivity contribution in [1.82, 2.24) is 0 Å². The monoisotopic (exact) mass is 192 g/mol. The highest BCUT2D eigenvalue weighted by atomic mass is 16.5. The lowest BCUT2D eigenvalue weighted by molar-refractivity contribution is -0.131. The Morgan fingerprint density at radius 2 is 2.14 bits per heavy atom. The highest BCUT2D eigenvalue weighted by Crippen LogP contribution is 2.28. The molecule has 2 rings (SSSR count). The van der Waals surface area contributed by atoms with Crippen LogP contribution in [0.25, 0.3) is 0 Å². The van der Waals surface area contributed by atoms with Crippen LogP contribution in [-0.4, -0.2) is 23.5 Å². The second-order valence-corrected chi connectivity index (χ2v) is 3.02. The summed E-state index contributed by atoms with van der Waals surface area (Å²) in [7, 11) is 0. The molecule has 0 atom stereocenters. The first-order valence-corrected chi connectivity index (χ1v) is 4.22. The summed E-state index contributed by atoms with van der Waals surface area (Å²) in [6.45, 7) is 0.513. The van der Waals surface area contributed by atoms with Crippen molar-refractivity contribution in [3.63, 3.8) is 0 Å². The van der Waals surface area contributed by atoms with Gasteiger partial charge in [-0.3, -0.25) is 4.79 Å². The van der Waals surface area contributed by atoms with Gasteiger partial charge in [-0.1, -0.05) is 12.1 Å². The third kappa shape index (κ3) is 1.25. The zero-order valence-corrected chi connectivity index (χ0v) is 7.32. The van der Waals surface area contributed by atoms with Crippen molar-refractivity contribution in [2.24, 2.45) is 0 Å². The minimum Gasteiger partial charge on any atom is -0.493 e. The van der Waals surface area contributed by atoms with Crippen LogP contribution in [0.15, 0.2) is 18.2 Å². The van der Waals surface area contributed by atoms with Gasteiger partial charge in [-0.25, -0.2) is 4.79 Å². The number of carbonyl (C=O) groups is 2. The lowest BCUT2D eigenvalue weighted by atomic mass is 10.0. The van der Waals surface area contributed by atoms with Gasteiger partial charge in [-0.05, 0) is 6.07 Å². The number of fused-ring (bicyclic) bond motifs is 1. The Bertz CT molecular complexity index is 409. The molecule has 0 radical (unpaired) electrons. The van der Waals surface area contributed by atoms with E-state index >= 15 is 0 Å². The first-order valence-electron chi connectivity index (χ1n) is 4.22. The number of ketones is 1. The minimum absolute atomic E-state index is 0.243. The van der Waals surface area contributed by atoms with Crippen LogP contribution >= 0.6 is 0 Å². The predicted molar refractivity (Wildman–Crippen MR) is 47.6 cm³/mol. The maximum absolute atomic E-state index is 11.2. The summed E-state index contributed by atoms with van der Waals surface area (Å²) < 4.78 is 5.22. The van der Waals surface area contributed by atoms with Gasteiger partial charge >= 0.3 is 5.97 Å². The second kappa shape index (κ2) is 3.14. The Morgan fingerprint density at radius 3 is 2.86 bits per heavy atom. The van der Waals surface area contributed by atoms with Crippen LogP contribution in [0.5, 0.6) is 5.75 Å². The fraction of sp³-hybridized carbons (Fsp3) is 0.200. The molecule has 72 valence electrons. The Kier molecular flexibility index (Phi) is 1.96. The maximum Gasteiger partial charge on any atom is 0.377 e. The number of benzene rings is 1. The number of carbonyl (C=O) groups excluding carboxylic acids is 1. The van der Waals surface area contributed by atoms with Crippen LogP contribution in [0.2, 0.25) is 0 Å². The molecule has 0 unspecified atom stereocenters. The summed E-state index contributed by atoms with van der Waals surface area (Å²) in [4.78, 5) is 21.8. The molecule has 1 aromatic rings. The van der Waals surface area contributed by atoms with Crippen molar-refractivity contribution >= 4 is 11.8 Å². The number of aliphatic carboxylic acids is 1. The molecule has 1 N–H and O–H groups in total. The van der Waals surface area contributed by atoms with Crippen molar-refractivity contribution in [2.45, 2.75) is 6.42 Å². The Balaban J connectivity index is 2.49. The van der Waals surface area contributed by atoms with E-state index in [-0.39, 0.29) is 5.56 Å². The molecule has 0 spiro atoms. The van der Waals surface area contributed by atoms with E-state index < -0.39 is 11.8 Å². The number of carboxylic acid groups (broad SMARTS) is 1. The van der Waals surface area contributed by atoms with Crippen LogP contribution in [0.1, 0.15) is 15.9 Å². The summed E-state index contributed by atoms with van der Waals surface area (Å²) >= 11 is 0. The summed E-state index contributed by atoms with van der Waals surface area (Å²) in [6.07, 6.45) is 0.602. The van der Waals surface area contributed by atoms with Gasteiger partial charge in [0.05, 0.1) is 6.61 Å². The first kappa shape index (κ1) is 8.74. The van der Waals surface area contributed by atoms with E-state index in [1.54, 1.807) is 12.1 Å². The third-order valence-electron chi connectivity index (χ3n) is 2.18. The van der Waals surface area contributed by atoms with Gasteiger partial charge in [-0.15, -0.1) is 0 Å². The molecule has 14 heavy (non-hydrogen) atoms. The molecule has 0 saturated carbocycles. The van der Waals surface area contributed by atoms with Gasteiger partial charge in [0.25, 0.3) is 5.78 Å². The van der Waals surface area contributed by atoms with Crippen molar-refractivity contribution in [3.8, 4) is 5.75 Å². The van der Waals surface area contributed by atoms with Crippen molar-refractivity contribution < 1.29 is 19.4 Å². The Labute approximate surface area is 80.1 Å². The topological polar surface area (TPSA) is 63.6 Å². The first-order chi connectivity index (χ1) is 6.70. The number of hydrogen-bond donors (Lipinski definition) is 1. The normalized spacial score (nSPS) is 13.1. The summed E-state index contributed by atoms with van der Waals surface area (Å²) in [5.41, 5.74) is 0.951. The molecule has 0 aliphatic carbocycles. The summed E-state index contributed by atoms with van der Waals surface area (Å²) in [5, 5.41) is 8.58. The van der Waals surface area contributed by atoms with Crippen LogP contribution in [0.3, 0.4) is 0 Å². The van der Waals surface area contributed by atoms with Crippen LogP contribution in [-0.2, 0) is 11.2 Å². The molecule has 1 heterocycles. The van der Waals surface area contributed by atoms with E-state index in [1.165, 1.54) is 6.07 Å². The lowest BCUT2D eigenvalue weighted by Crippen LogP contribution is -2.14. The fourth-order valence-electron chi connectivity index (χ4n) is 1.55. The zero-order valence-electron chi connectivity index (χ0n) is 7.32. The molecular formula is C10H8O4. The Morgan fingerprint density at radius 1 is 1.36 bits per heavy atom. The van der Waals surface area contributed by atoms with E-state index in [4.69, 9.17) is 9.84 Å². The van der Waals surface area contributed by atoms with Crippen molar-refractivity contribution in [3.05, 3.63) is 29.3 Å². The van der Waals surface area contributed by atoms with Gasteiger partial charge in [0.15, 0.2) is 0 Å². The van der Waals surface area contributed by atoms with Gasteiger partial charge in [0.1, 0.15) is 5.75 Å². The molecule has 0 aromatic heterocycles. The van der Waals surface area contributed by atoms with E-state index in [2.05, 4.69) is 0 Å². The van der Waals surface area contributed by atoms with E-state index in [1.807, 2.05) is 0 Å². The Hall–Kier alpha value is -1.84. The third-order valence-corrected chi connectivity index (χ3v) is 2.18. The molecule has 0 amide bonds. The van der Waals surface area contributed by atoms with Gasteiger partial charge in [0.2, 0.25) is 0 Å². The number of Topliss-reactive ketones (excluding diaryl/α,β-unsaturated/α-hetero) is 1. The van der Waals surface area contributed by atoms with Crippen molar-refractivity contribution in [2.75, 3.05) is 6.61 Å². The summed E-state index contributed by atoms with van der Waals surface area (Å²) in [6, 6.07) is 4.88. The quantitative estimate of drug-likeness (QED) is 0.558. The standard InChI is InChI=1S/C10H8O4/c11-9(10(12)13)7-2-1-3-8-6(7)4-5-14-8/h1-3H,4-5H2,(H,12,13). The zero-order chi connectivity index (χ0) is 10.1.